The minimum absolute atomic E-state index is 0.0352. The molecule has 0 N–H and O–H groups in total. The lowest BCUT2D eigenvalue weighted by Crippen LogP contribution is -2.38. The first-order valence-corrected chi connectivity index (χ1v) is 8.24. The van der Waals surface area contributed by atoms with E-state index in [-0.39, 0.29) is 42.5 Å². The Bertz CT molecular complexity index is 438. The number of fused-ring (bicyclic) bond motifs is 1. The van der Waals surface area contributed by atoms with Crippen LogP contribution in [0.1, 0.15) is 51.9 Å². The molecular weight excluding hydrogens is 268 g/mol. The van der Waals surface area contributed by atoms with Gasteiger partial charge in [-0.05, 0) is 32.6 Å². The number of carbonyl (C=O) groups is 3. The van der Waals surface area contributed by atoms with Gasteiger partial charge in [-0.3, -0.25) is 19.3 Å². The Labute approximate surface area is 125 Å². The molecule has 3 aliphatic rings. The number of rotatable bonds is 3. The summed E-state index contributed by atoms with van der Waals surface area (Å²) in [5.41, 5.74) is 0. The van der Waals surface area contributed by atoms with Gasteiger partial charge in [0.2, 0.25) is 17.7 Å². The molecular formula is C16H24N2O3. The third-order valence-corrected chi connectivity index (χ3v) is 5.36. The lowest BCUT2D eigenvalue weighted by atomic mass is 9.81. The van der Waals surface area contributed by atoms with Crippen molar-refractivity contribution in [2.24, 2.45) is 11.8 Å². The zero-order chi connectivity index (χ0) is 15.0. The number of hydrogen-bond donors (Lipinski definition) is 0. The van der Waals surface area contributed by atoms with Crippen LogP contribution in [-0.4, -0.2) is 46.7 Å². The third kappa shape index (κ3) is 2.58. The molecule has 5 heteroatoms. The number of imide groups is 1. The molecule has 3 atom stereocenters. The minimum atomic E-state index is -0.105. The average Bonchev–Trinajstić information content (AvgIpc) is 3.01. The smallest absolute Gasteiger partial charge is 0.233 e. The van der Waals surface area contributed by atoms with E-state index in [9.17, 15) is 14.4 Å². The highest BCUT2D eigenvalue weighted by molar-refractivity contribution is 6.05. The van der Waals surface area contributed by atoms with Crippen molar-refractivity contribution in [3.8, 4) is 0 Å². The largest absolute Gasteiger partial charge is 0.340 e. The summed E-state index contributed by atoms with van der Waals surface area (Å²) in [6, 6.07) is 0.296. The van der Waals surface area contributed by atoms with Crippen molar-refractivity contribution in [2.45, 2.75) is 57.9 Å². The number of nitrogens with zero attached hydrogens (tertiary/aromatic N) is 2. The van der Waals surface area contributed by atoms with Crippen molar-refractivity contribution in [3.63, 3.8) is 0 Å². The van der Waals surface area contributed by atoms with Gasteiger partial charge in [0.1, 0.15) is 0 Å². The zero-order valence-corrected chi connectivity index (χ0v) is 12.7. The summed E-state index contributed by atoms with van der Waals surface area (Å²) in [4.78, 5) is 40.1. The molecule has 0 bridgehead atoms. The van der Waals surface area contributed by atoms with E-state index in [1.807, 2.05) is 4.90 Å². The van der Waals surface area contributed by atoms with Gasteiger partial charge in [0.05, 0.1) is 11.8 Å². The summed E-state index contributed by atoms with van der Waals surface area (Å²) in [5.74, 6) is -0.200. The van der Waals surface area contributed by atoms with Gasteiger partial charge in [-0.2, -0.15) is 0 Å². The number of likely N-dealkylation sites (tertiary alicyclic amines) is 2. The molecule has 2 aliphatic heterocycles. The summed E-state index contributed by atoms with van der Waals surface area (Å²) < 4.78 is 0. The molecule has 0 spiro atoms. The first-order valence-electron chi connectivity index (χ1n) is 8.24. The monoisotopic (exact) mass is 292 g/mol. The van der Waals surface area contributed by atoms with Crippen LogP contribution in [0, 0.1) is 11.8 Å². The molecule has 21 heavy (non-hydrogen) atoms. The van der Waals surface area contributed by atoms with Crippen molar-refractivity contribution in [1.82, 2.24) is 9.80 Å². The standard InChI is InChI=1S/C16H24N2O3/c1-11-5-4-9-17(11)14(19)8-10-18-15(20)12-6-2-3-7-13(12)16(18)21/h11-13H,2-10H2,1H3. The number of carbonyl (C=O) groups excluding carboxylic acids is 3. The molecule has 2 heterocycles. The van der Waals surface area contributed by atoms with Gasteiger partial charge in [-0.25, -0.2) is 0 Å². The normalized spacial score (nSPS) is 32.7. The quantitative estimate of drug-likeness (QED) is 0.742. The third-order valence-electron chi connectivity index (χ3n) is 5.36. The number of hydrogen-bond acceptors (Lipinski definition) is 3. The first kappa shape index (κ1) is 14.5. The second-order valence-corrected chi connectivity index (χ2v) is 6.65. The van der Waals surface area contributed by atoms with Gasteiger partial charge in [0.25, 0.3) is 0 Å². The lowest BCUT2D eigenvalue weighted by Gasteiger charge is -2.22. The molecule has 3 amide bonds. The Kier molecular flexibility index (Phi) is 4.00. The van der Waals surface area contributed by atoms with E-state index in [1.54, 1.807) is 0 Å². The fourth-order valence-electron chi connectivity index (χ4n) is 4.11. The van der Waals surface area contributed by atoms with Gasteiger partial charge in [0.15, 0.2) is 0 Å². The minimum Gasteiger partial charge on any atom is -0.340 e. The molecule has 3 fully saturated rings. The second kappa shape index (κ2) is 5.78. The molecule has 0 aromatic heterocycles. The predicted molar refractivity (Wildman–Crippen MR) is 77.2 cm³/mol. The Morgan fingerprint density at radius 1 is 1.05 bits per heavy atom. The van der Waals surface area contributed by atoms with Crippen molar-refractivity contribution in [1.29, 1.82) is 0 Å². The highest BCUT2D eigenvalue weighted by atomic mass is 16.2. The summed E-state index contributed by atoms with van der Waals surface area (Å²) in [6.45, 7) is 3.14. The molecule has 3 unspecified atom stereocenters. The lowest BCUT2D eigenvalue weighted by molar-refractivity contribution is -0.140. The van der Waals surface area contributed by atoms with Gasteiger partial charge in [0, 0.05) is 25.6 Å². The summed E-state index contributed by atoms with van der Waals surface area (Å²) in [6.07, 6.45) is 6.14. The van der Waals surface area contributed by atoms with Crippen LogP contribution in [0.15, 0.2) is 0 Å². The summed E-state index contributed by atoms with van der Waals surface area (Å²) in [7, 11) is 0. The molecule has 116 valence electrons. The second-order valence-electron chi connectivity index (χ2n) is 6.65. The first-order chi connectivity index (χ1) is 10.1. The van der Waals surface area contributed by atoms with E-state index in [0.29, 0.717) is 6.04 Å². The average molecular weight is 292 g/mol. The molecule has 5 nitrogen and oxygen atoms in total. The fourth-order valence-corrected chi connectivity index (χ4v) is 4.11. The maximum Gasteiger partial charge on any atom is 0.233 e. The van der Waals surface area contributed by atoms with Gasteiger partial charge in [-0.15, -0.1) is 0 Å². The van der Waals surface area contributed by atoms with Crippen LogP contribution in [0.4, 0.5) is 0 Å². The van der Waals surface area contributed by atoms with Crippen molar-refractivity contribution < 1.29 is 14.4 Å². The van der Waals surface area contributed by atoms with Crippen LogP contribution in [-0.2, 0) is 14.4 Å². The Morgan fingerprint density at radius 2 is 1.67 bits per heavy atom. The molecule has 1 saturated carbocycles. The van der Waals surface area contributed by atoms with Crippen molar-refractivity contribution >= 4 is 17.7 Å². The van der Waals surface area contributed by atoms with Gasteiger partial charge in [-0.1, -0.05) is 12.8 Å². The topological polar surface area (TPSA) is 57.7 Å². The van der Waals surface area contributed by atoms with E-state index >= 15 is 0 Å². The van der Waals surface area contributed by atoms with Crippen LogP contribution in [0.25, 0.3) is 0 Å². The fraction of sp³-hybridized carbons (Fsp3) is 0.812. The Balaban J connectivity index is 1.59. The van der Waals surface area contributed by atoms with Crippen molar-refractivity contribution in [2.75, 3.05) is 13.1 Å². The van der Waals surface area contributed by atoms with Crippen molar-refractivity contribution in [3.05, 3.63) is 0 Å². The Morgan fingerprint density at radius 3 is 2.19 bits per heavy atom. The Hall–Kier alpha value is -1.39. The van der Waals surface area contributed by atoms with Crippen LogP contribution >= 0.6 is 0 Å². The molecule has 0 radical (unpaired) electrons. The maximum absolute atomic E-state index is 12.3. The van der Waals surface area contributed by atoms with Crippen LogP contribution < -0.4 is 0 Å². The van der Waals surface area contributed by atoms with Crippen LogP contribution in [0.2, 0.25) is 0 Å². The molecule has 0 aromatic rings. The van der Waals surface area contributed by atoms with E-state index in [4.69, 9.17) is 0 Å². The number of amides is 3. The summed E-state index contributed by atoms with van der Waals surface area (Å²) >= 11 is 0. The highest BCUT2D eigenvalue weighted by Gasteiger charge is 2.47. The highest BCUT2D eigenvalue weighted by Crippen LogP contribution is 2.38. The summed E-state index contributed by atoms with van der Waals surface area (Å²) in [5, 5.41) is 0. The SMILES string of the molecule is CC1CCCN1C(=O)CCN1C(=O)C2CCCCC2C1=O. The van der Waals surface area contributed by atoms with Gasteiger partial charge < -0.3 is 4.90 Å². The van der Waals surface area contributed by atoms with Crippen LogP contribution in [0.3, 0.4) is 0 Å². The van der Waals surface area contributed by atoms with E-state index in [0.717, 1.165) is 45.1 Å². The zero-order valence-electron chi connectivity index (χ0n) is 12.7. The maximum atomic E-state index is 12.3. The molecule has 3 rings (SSSR count). The predicted octanol–water partition coefficient (Wildman–Crippen LogP) is 1.56. The molecule has 1 aliphatic carbocycles. The van der Waals surface area contributed by atoms with E-state index in [1.165, 1.54) is 4.90 Å². The van der Waals surface area contributed by atoms with E-state index < -0.39 is 0 Å². The molecule has 0 aromatic carbocycles. The molecule has 2 saturated heterocycles. The van der Waals surface area contributed by atoms with E-state index in [2.05, 4.69) is 6.92 Å². The van der Waals surface area contributed by atoms with Gasteiger partial charge >= 0.3 is 0 Å². The van der Waals surface area contributed by atoms with Crippen LogP contribution in [0.5, 0.6) is 0 Å².